The number of carbonyl (C=O) groups is 1. The van der Waals surface area contributed by atoms with Crippen molar-refractivity contribution in [1.82, 2.24) is 14.1 Å². The maximum atomic E-state index is 13.4. The van der Waals surface area contributed by atoms with Gasteiger partial charge in [-0.1, -0.05) is 48.0 Å². The molecule has 212 valence electrons. The first-order chi connectivity index (χ1) is 19.3. The SMILES string of the molecule is COc1ccc(S(=O)(=O)N2CCN(CCN(C/C=C/c3ccccc3OC)C(=O)c3ccc(C)cc3)CC2)cc1. The van der Waals surface area contributed by atoms with E-state index in [1.54, 1.807) is 38.5 Å². The van der Waals surface area contributed by atoms with Crippen LogP contribution in [0.1, 0.15) is 21.5 Å². The minimum Gasteiger partial charge on any atom is -0.497 e. The summed E-state index contributed by atoms with van der Waals surface area (Å²) in [5.74, 6) is 1.36. The predicted molar refractivity (Wildman–Crippen MR) is 157 cm³/mol. The summed E-state index contributed by atoms with van der Waals surface area (Å²) in [4.78, 5) is 17.7. The highest BCUT2D eigenvalue weighted by molar-refractivity contribution is 7.89. The molecule has 40 heavy (non-hydrogen) atoms. The van der Waals surface area contributed by atoms with Gasteiger partial charge >= 0.3 is 0 Å². The number of piperazine rings is 1. The average molecular weight is 564 g/mol. The van der Waals surface area contributed by atoms with Crippen molar-refractivity contribution in [2.24, 2.45) is 0 Å². The largest absolute Gasteiger partial charge is 0.497 e. The van der Waals surface area contributed by atoms with E-state index in [-0.39, 0.29) is 10.8 Å². The molecular formula is C31H37N3O5S. The van der Waals surface area contributed by atoms with Gasteiger partial charge in [-0.3, -0.25) is 9.69 Å². The lowest BCUT2D eigenvalue weighted by Crippen LogP contribution is -2.50. The van der Waals surface area contributed by atoms with Crippen LogP contribution in [0.4, 0.5) is 0 Å². The number of hydrogen-bond acceptors (Lipinski definition) is 6. The number of aryl methyl sites for hydroxylation is 1. The van der Waals surface area contributed by atoms with Crippen molar-refractivity contribution in [3.8, 4) is 11.5 Å². The Balaban J connectivity index is 1.39. The molecule has 0 N–H and O–H groups in total. The van der Waals surface area contributed by atoms with Crippen LogP contribution in [0.2, 0.25) is 0 Å². The Morgan fingerprint density at radius 3 is 2.23 bits per heavy atom. The molecule has 0 bridgehead atoms. The van der Waals surface area contributed by atoms with Crippen LogP contribution < -0.4 is 9.47 Å². The molecule has 8 nitrogen and oxygen atoms in total. The van der Waals surface area contributed by atoms with E-state index in [1.807, 2.05) is 72.5 Å². The van der Waals surface area contributed by atoms with Crippen LogP contribution in [-0.4, -0.2) is 88.5 Å². The first-order valence-corrected chi connectivity index (χ1v) is 14.8. The zero-order chi connectivity index (χ0) is 28.5. The molecule has 3 aromatic rings. The maximum absolute atomic E-state index is 13.4. The van der Waals surface area contributed by atoms with Gasteiger partial charge in [-0.05, 0) is 49.4 Å². The van der Waals surface area contributed by atoms with Crippen LogP contribution >= 0.6 is 0 Å². The summed E-state index contributed by atoms with van der Waals surface area (Å²) >= 11 is 0. The van der Waals surface area contributed by atoms with Crippen molar-refractivity contribution < 1.29 is 22.7 Å². The Hall–Kier alpha value is -3.66. The molecule has 0 unspecified atom stereocenters. The highest BCUT2D eigenvalue weighted by Gasteiger charge is 2.29. The molecule has 3 aromatic carbocycles. The molecule has 0 aliphatic carbocycles. The molecule has 1 heterocycles. The molecule has 1 aliphatic heterocycles. The number of amides is 1. The van der Waals surface area contributed by atoms with Crippen LogP contribution in [0.25, 0.3) is 6.08 Å². The van der Waals surface area contributed by atoms with Gasteiger partial charge in [0.15, 0.2) is 0 Å². The molecule has 1 aliphatic rings. The number of benzene rings is 3. The van der Waals surface area contributed by atoms with E-state index >= 15 is 0 Å². The van der Waals surface area contributed by atoms with E-state index in [0.717, 1.165) is 16.9 Å². The number of sulfonamides is 1. The van der Waals surface area contributed by atoms with Gasteiger partial charge in [0.1, 0.15) is 11.5 Å². The molecule has 1 saturated heterocycles. The first-order valence-electron chi connectivity index (χ1n) is 13.3. The molecule has 1 amide bonds. The Labute approximate surface area is 237 Å². The minimum absolute atomic E-state index is 0.0367. The normalized spacial score (nSPS) is 14.8. The van der Waals surface area contributed by atoms with Crippen molar-refractivity contribution >= 4 is 22.0 Å². The van der Waals surface area contributed by atoms with Crippen molar-refractivity contribution in [1.29, 1.82) is 0 Å². The topological polar surface area (TPSA) is 79.4 Å². The highest BCUT2D eigenvalue weighted by Crippen LogP contribution is 2.21. The first kappa shape index (κ1) is 29.3. The van der Waals surface area contributed by atoms with Gasteiger partial charge in [0.25, 0.3) is 5.91 Å². The summed E-state index contributed by atoms with van der Waals surface area (Å²) in [6, 6.07) is 21.8. The number of hydrogen-bond donors (Lipinski definition) is 0. The molecule has 0 radical (unpaired) electrons. The maximum Gasteiger partial charge on any atom is 0.254 e. The fourth-order valence-corrected chi connectivity index (χ4v) is 6.04. The lowest BCUT2D eigenvalue weighted by molar-refractivity contribution is 0.0745. The van der Waals surface area contributed by atoms with E-state index in [1.165, 1.54) is 4.31 Å². The Bertz CT molecular complexity index is 1400. The van der Waals surface area contributed by atoms with Crippen molar-refractivity contribution in [2.45, 2.75) is 11.8 Å². The standard InChI is InChI=1S/C31H37N3O5S/c1-25-10-12-27(13-11-25)31(35)33(18-6-8-26-7-4-5-9-30(26)39-3)22-19-32-20-23-34(24-21-32)40(36,37)29-16-14-28(38-2)15-17-29/h4-17H,18-24H2,1-3H3/b8-6+. The van der Waals surface area contributed by atoms with Gasteiger partial charge in [0.2, 0.25) is 10.0 Å². The number of rotatable bonds is 11. The molecular weight excluding hydrogens is 526 g/mol. The number of nitrogens with zero attached hydrogens (tertiary/aromatic N) is 3. The van der Waals surface area contributed by atoms with Gasteiger partial charge in [-0.15, -0.1) is 0 Å². The summed E-state index contributed by atoms with van der Waals surface area (Å²) in [5, 5.41) is 0. The van der Waals surface area contributed by atoms with E-state index in [9.17, 15) is 13.2 Å². The Kier molecular flexibility index (Phi) is 9.98. The summed E-state index contributed by atoms with van der Waals surface area (Å²) in [7, 11) is -0.380. The Morgan fingerprint density at radius 1 is 0.900 bits per heavy atom. The zero-order valence-electron chi connectivity index (χ0n) is 23.3. The number of carbonyl (C=O) groups excluding carboxylic acids is 1. The van der Waals surface area contributed by atoms with Crippen molar-refractivity contribution in [3.05, 3.63) is 95.6 Å². The molecule has 4 rings (SSSR count). The van der Waals surface area contributed by atoms with Crippen LogP contribution in [0.3, 0.4) is 0 Å². The zero-order valence-corrected chi connectivity index (χ0v) is 24.1. The second kappa shape index (κ2) is 13.6. The molecule has 0 saturated carbocycles. The number of para-hydroxylation sites is 1. The van der Waals surface area contributed by atoms with Gasteiger partial charge in [0.05, 0.1) is 19.1 Å². The molecule has 0 atom stereocenters. The monoisotopic (exact) mass is 563 g/mol. The van der Waals surface area contributed by atoms with Gasteiger partial charge in [0, 0.05) is 56.9 Å². The third-order valence-corrected chi connectivity index (χ3v) is 8.98. The third-order valence-electron chi connectivity index (χ3n) is 7.06. The van der Waals surface area contributed by atoms with Gasteiger partial charge < -0.3 is 14.4 Å². The minimum atomic E-state index is -3.57. The predicted octanol–water partition coefficient (Wildman–Crippen LogP) is 4.17. The van der Waals surface area contributed by atoms with Crippen LogP contribution in [-0.2, 0) is 10.0 Å². The smallest absolute Gasteiger partial charge is 0.254 e. The van der Waals surface area contributed by atoms with Crippen molar-refractivity contribution in [2.75, 3.05) is 60.0 Å². The summed E-state index contributed by atoms with van der Waals surface area (Å²) in [6.45, 7) is 5.59. The van der Waals surface area contributed by atoms with Gasteiger partial charge in [-0.25, -0.2) is 8.42 Å². The second-order valence-electron chi connectivity index (χ2n) is 9.68. The summed E-state index contributed by atoms with van der Waals surface area (Å²) < 4.78 is 38.3. The quantitative estimate of drug-likeness (QED) is 0.349. The fourth-order valence-electron chi connectivity index (χ4n) is 4.62. The van der Waals surface area contributed by atoms with E-state index < -0.39 is 10.0 Å². The van der Waals surface area contributed by atoms with Gasteiger partial charge in [-0.2, -0.15) is 4.31 Å². The van der Waals surface area contributed by atoms with Crippen LogP contribution in [0.15, 0.2) is 83.8 Å². The third kappa shape index (κ3) is 7.29. The lowest BCUT2D eigenvalue weighted by Gasteiger charge is -2.35. The van der Waals surface area contributed by atoms with E-state index in [4.69, 9.17) is 9.47 Å². The summed E-state index contributed by atoms with van der Waals surface area (Å²) in [6.07, 6.45) is 3.94. The van der Waals surface area contributed by atoms with Crippen LogP contribution in [0.5, 0.6) is 11.5 Å². The average Bonchev–Trinajstić information content (AvgIpc) is 2.99. The molecule has 1 fully saturated rings. The molecule has 0 aromatic heterocycles. The summed E-state index contributed by atoms with van der Waals surface area (Å²) in [5.41, 5.74) is 2.69. The number of methoxy groups -OCH3 is 2. The van der Waals surface area contributed by atoms with E-state index in [2.05, 4.69) is 4.90 Å². The molecule has 0 spiro atoms. The molecule has 9 heteroatoms. The van der Waals surface area contributed by atoms with Crippen molar-refractivity contribution in [3.63, 3.8) is 0 Å². The Morgan fingerprint density at radius 2 is 1.57 bits per heavy atom. The highest BCUT2D eigenvalue weighted by atomic mass is 32.2. The van der Waals surface area contributed by atoms with E-state index in [0.29, 0.717) is 57.1 Å². The number of ether oxygens (including phenoxy) is 2. The second-order valence-corrected chi connectivity index (χ2v) is 11.6. The lowest BCUT2D eigenvalue weighted by atomic mass is 10.1. The van der Waals surface area contributed by atoms with Crippen LogP contribution in [0, 0.1) is 6.92 Å². The fraction of sp³-hybridized carbons (Fsp3) is 0.323.